The van der Waals surface area contributed by atoms with Crippen molar-refractivity contribution in [3.05, 3.63) is 23.9 Å². The number of aliphatic imine (C=N–C) groups is 1. The van der Waals surface area contributed by atoms with Gasteiger partial charge in [-0.1, -0.05) is 6.07 Å². The molecule has 2 heterocycles. The van der Waals surface area contributed by atoms with E-state index in [0.29, 0.717) is 31.6 Å². The zero-order valence-corrected chi connectivity index (χ0v) is 14.8. The molecule has 7 heteroatoms. The van der Waals surface area contributed by atoms with Crippen LogP contribution in [0, 0.1) is 5.92 Å². The van der Waals surface area contributed by atoms with Crippen molar-refractivity contribution in [2.45, 2.75) is 13.0 Å². The summed E-state index contributed by atoms with van der Waals surface area (Å²) in [5.41, 5.74) is 1.00. The minimum absolute atomic E-state index is 0.486. The second kappa shape index (κ2) is 10.1. The molecule has 1 fully saturated rings. The van der Waals surface area contributed by atoms with Crippen molar-refractivity contribution in [2.75, 3.05) is 54.2 Å². The third-order valence-corrected chi connectivity index (χ3v) is 4.01. The van der Waals surface area contributed by atoms with Crippen LogP contribution in [-0.2, 0) is 16.0 Å². The molecule has 0 bridgehead atoms. The largest absolute Gasteiger partial charge is 0.475 e. The third-order valence-electron chi connectivity index (χ3n) is 4.01. The summed E-state index contributed by atoms with van der Waals surface area (Å²) in [7, 11) is 5.22. The number of ether oxygens (including phenoxy) is 3. The molecule has 1 saturated heterocycles. The Kier molecular flexibility index (Phi) is 7.77. The summed E-state index contributed by atoms with van der Waals surface area (Å²) in [5.74, 6) is 2.11. The first-order valence-corrected chi connectivity index (χ1v) is 8.28. The first kappa shape index (κ1) is 18.5. The lowest BCUT2D eigenvalue weighted by Crippen LogP contribution is -2.40. The van der Waals surface area contributed by atoms with Crippen LogP contribution in [0.1, 0.15) is 12.0 Å². The van der Waals surface area contributed by atoms with Gasteiger partial charge in [0.25, 0.3) is 0 Å². The van der Waals surface area contributed by atoms with Gasteiger partial charge < -0.3 is 24.4 Å². The van der Waals surface area contributed by atoms with E-state index in [4.69, 9.17) is 14.2 Å². The molecule has 1 aliphatic heterocycles. The minimum Gasteiger partial charge on any atom is -0.475 e. The van der Waals surface area contributed by atoms with Crippen LogP contribution >= 0.6 is 0 Å². The normalized spacial score (nSPS) is 18.0. The number of methoxy groups -OCH3 is 2. The lowest BCUT2D eigenvalue weighted by atomic mass is 10.1. The Labute approximate surface area is 144 Å². The van der Waals surface area contributed by atoms with Crippen LogP contribution < -0.4 is 10.1 Å². The van der Waals surface area contributed by atoms with Gasteiger partial charge in [-0.15, -0.1) is 0 Å². The summed E-state index contributed by atoms with van der Waals surface area (Å²) in [4.78, 5) is 11.0. The number of likely N-dealkylation sites (tertiary alicyclic amines) is 1. The minimum atomic E-state index is 0.486. The molecule has 0 aliphatic carbocycles. The number of guanidine groups is 1. The van der Waals surface area contributed by atoms with Crippen molar-refractivity contribution in [1.82, 2.24) is 15.2 Å². The van der Waals surface area contributed by atoms with Crippen molar-refractivity contribution in [1.29, 1.82) is 0 Å². The quantitative estimate of drug-likeness (QED) is 0.436. The summed E-state index contributed by atoms with van der Waals surface area (Å²) in [5, 5.41) is 3.40. The van der Waals surface area contributed by atoms with Crippen LogP contribution in [0.4, 0.5) is 0 Å². The summed E-state index contributed by atoms with van der Waals surface area (Å²) in [6.07, 6.45) is 2.86. The lowest BCUT2D eigenvalue weighted by Gasteiger charge is -2.22. The number of nitrogens with one attached hydrogen (secondary N) is 1. The van der Waals surface area contributed by atoms with Gasteiger partial charge in [0.1, 0.15) is 6.61 Å². The predicted octanol–water partition coefficient (Wildman–Crippen LogP) is 1.15. The van der Waals surface area contributed by atoms with E-state index in [1.165, 1.54) is 0 Å². The Morgan fingerprint density at radius 3 is 3.00 bits per heavy atom. The lowest BCUT2D eigenvalue weighted by molar-refractivity contribution is 0.143. The molecule has 1 aliphatic rings. The summed E-state index contributed by atoms with van der Waals surface area (Å²) >= 11 is 0. The fourth-order valence-corrected chi connectivity index (χ4v) is 2.81. The number of pyridine rings is 1. The van der Waals surface area contributed by atoms with Crippen molar-refractivity contribution in [2.24, 2.45) is 10.9 Å². The number of aromatic nitrogens is 1. The van der Waals surface area contributed by atoms with Gasteiger partial charge >= 0.3 is 0 Å². The third kappa shape index (κ3) is 5.35. The highest BCUT2D eigenvalue weighted by Crippen LogP contribution is 2.17. The number of rotatable bonds is 8. The molecule has 2 rings (SSSR count). The van der Waals surface area contributed by atoms with E-state index >= 15 is 0 Å². The van der Waals surface area contributed by atoms with Crippen molar-refractivity contribution < 1.29 is 14.2 Å². The molecule has 1 aromatic rings. The molecule has 24 heavy (non-hydrogen) atoms. The monoisotopic (exact) mass is 336 g/mol. The van der Waals surface area contributed by atoms with Crippen molar-refractivity contribution in [3.63, 3.8) is 0 Å². The first-order valence-electron chi connectivity index (χ1n) is 8.28. The van der Waals surface area contributed by atoms with Crippen molar-refractivity contribution >= 4 is 5.96 Å². The summed E-state index contributed by atoms with van der Waals surface area (Å²) < 4.78 is 15.9. The molecule has 0 spiro atoms. The average molecular weight is 336 g/mol. The van der Waals surface area contributed by atoms with E-state index in [2.05, 4.69) is 20.2 Å². The number of nitrogens with zero attached hydrogens (tertiary/aromatic N) is 3. The van der Waals surface area contributed by atoms with Crippen molar-refractivity contribution in [3.8, 4) is 5.88 Å². The molecule has 0 saturated carbocycles. The van der Waals surface area contributed by atoms with Gasteiger partial charge in [0.05, 0.1) is 13.2 Å². The molecule has 0 aromatic carbocycles. The van der Waals surface area contributed by atoms with Gasteiger partial charge in [0.2, 0.25) is 5.88 Å². The average Bonchev–Trinajstić information content (AvgIpc) is 3.06. The van der Waals surface area contributed by atoms with Crippen LogP contribution in [0.2, 0.25) is 0 Å². The number of hydrogen-bond acceptors (Lipinski definition) is 5. The molecule has 0 amide bonds. The maximum atomic E-state index is 5.67. The molecule has 1 aromatic heterocycles. The van der Waals surface area contributed by atoms with Crippen LogP contribution in [-0.4, -0.2) is 70.0 Å². The predicted molar refractivity (Wildman–Crippen MR) is 93.4 cm³/mol. The highest BCUT2D eigenvalue weighted by atomic mass is 16.5. The zero-order valence-electron chi connectivity index (χ0n) is 14.8. The van der Waals surface area contributed by atoms with E-state index in [1.54, 1.807) is 20.4 Å². The van der Waals surface area contributed by atoms with Gasteiger partial charge in [-0.3, -0.25) is 4.99 Å². The Hall–Kier alpha value is -1.86. The first-order chi connectivity index (χ1) is 11.8. The molecule has 1 unspecified atom stereocenters. The van der Waals surface area contributed by atoms with E-state index in [0.717, 1.165) is 37.6 Å². The second-order valence-electron chi connectivity index (χ2n) is 5.77. The molecular weight excluding hydrogens is 308 g/mol. The van der Waals surface area contributed by atoms with E-state index in [1.807, 2.05) is 19.2 Å². The Morgan fingerprint density at radius 1 is 1.38 bits per heavy atom. The topological polar surface area (TPSA) is 68.2 Å². The second-order valence-corrected chi connectivity index (χ2v) is 5.77. The maximum absolute atomic E-state index is 5.67. The zero-order chi connectivity index (χ0) is 17.2. The SMILES string of the molecule is CN=C(NCc1cccnc1OCCOC)N1CCC(COC)C1. The maximum Gasteiger partial charge on any atom is 0.218 e. The van der Waals surface area contributed by atoms with Crippen LogP contribution in [0.5, 0.6) is 5.88 Å². The Morgan fingerprint density at radius 2 is 2.25 bits per heavy atom. The molecule has 1 N–H and O–H groups in total. The molecule has 0 radical (unpaired) electrons. The van der Waals surface area contributed by atoms with Gasteiger partial charge in [-0.2, -0.15) is 0 Å². The molecule has 134 valence electrons. The van der Waals surface area contributed by atoms with Gasteiger partial charge in [0, 0.05) is 58.6 Å². The van der Waals surface area contributed by atoms with Crippen LogP contribution in [0.3, 0.4) is 0 Å². The van der Waals surface area contributed by atoms with Gasteiger partial charge in [-0.05, 0) is 12.5 Å². The van der Waals surface area contributed by atoms with E-state index in [9.17, 15) is 0 Å². The fraction of sp³-hybridized carbons (Fsp3) is 0.647. The van der Waals surface area contributed by atoms with Crippen LogP contribution in [0.15, 0.2) is 23.3 Å². The fourth-order valence-electron chi connectivity index (χ4n) is 2.81. The van der Waals surface area contributed by atoms with Crippen LogP contribution in [0.25, 0.3) is 0 Å². The highest BCUT2D eigenvalue weighted by molar-refractivity contribution is 5.80. The summed E-state index contributed by atoms with van der Waals surface area (Å²) in [6, 6.07) is 3.92. The highest BCUT2D eigenvalue weighted by Gasteiger charge is 2.24. The molecule has 7 nitrogen and oxygen atoms in total. The molecule has 1 atom stereocenters. The van der Waals surface area contributed by atoms with E-state index < -0.39 is 0 Å². The van der Waals surface area contributed by atoms with Gasteiger partial charge in [-0.25, -0.2) is 4.98 Å². The van der Waals surface area contributed by atoms with E-state index in [-0.39, 0.29) is 0 Å². The standard InChI is InChI=1S/C17H28N4O3/c1-18-17(21-8-6-14(12-21)13-23-3)20-11-15-5-4-7-19-16(15)24-10-9-22-2/h4-5,7,14H,6,8-13H2,1-3H3,(H,18,20). The Balaban J connectivity index is 1.89. The summed E-state index contributed by atoms with van der Waals surface area (Å²) in [6.45, 7) is 4.41. The van der Waals surface area contributed by atoms with Gasteiger partial charge in [0.15, 0.2) is 5.96 Å². The molecular formula is C17H28N4O3. The number of hydrogen-bond donors (Lipinski definition) is 1. The smallest absolute Gasteiger partial charge is 0.218 e. The Bertz CT molecular complexity index is 524.